The van der Waals surface area contributed by atoms with Crippen molar-refractivity contribution in [2.75, 3.05) is 51.3 Å². The number of likely N-dealkylation sites (tertiary alicyclic amines) is 1. The predicted molar refractivity (Wildman–Crippen MR) is 173 cm³/mol. The molecule has 2 atom stereocenters. The van der Waals surface area contributed by atoms with Crippen LogP contribution in [0.2, 0.25) is 0 Å². The summed E-state index contributed by atoms with van der Waals surface area (Å²) in [7, 11) is 2.07. The van der Waals surface area contributed by atoms with Gasteiger partial charge in [0.15, 0.2) is 5.69 Å². The van der Waals surface area contributed by atoms with E-state index in [0.29, 0.717) is 43.5 Å². The Balaban J connectivity index is 1.25. The Kier molecular flexibility index (Phi) is 9.21. The van der Waals surface area contributed by atoms with Gasteiger partial charge in [0, 0.05) is 44.5 Å². The number of aromatic nitrogens is 2. The van der Waals surface area contributed by atoms with E-state index < -0.39 is 5.60 Å². The normalized spacial score (nSPS) is 21.2. The van der Waals surface area contributed by atoms with Gasteiger partial charge < -0.3 is 29.5 Å². The molecule has 1 N–H and O–H groups in total. The second kappa shape index (κ2) is 13.4. The minimum atomic E-state index is -0.539. The molecule has 1 aromatic carbocycles. The van der Waals surface area contributed by atoms with Gasteiger partial charge in [-0.2, -0.15) is 0 Å². The lowest BCUT2D eigenvalue weighted by atomic mass is 9.75. The van der Waals surface area contributed by atoms with Crippen molar-refractivity contribution in [1.29, 1.82) is 0 Å². The summed E-state index contributed by atoms with van der Waals surface area (Å²) in [5, 5.41) is 3.24. The third-order valence-corrected chi connectivity index (χ3v) is 9.41. The number of rotatable bonds is 9. The van der Waals surface area contributed by atoms with Crippen molar-refractivity contribution in [3.8, 4) is 17.1 Å². The molecule has 3 aliphatic rings. The van der Waals surface area contributed by atoms with Crippen molar-refractivity contribution in [2.45, 2.75) is 63.6 Å². The first kappa shape index (κ1) is 30.8. The highest BCUT2D eigenvalue weighted by atomic mass is 16.6. The average Bonchev–Trinajstić information content (AvgIpc) is 3.47. The summed E-state index contributed by atoms with van der Waals surface area (Å²) in [6.07, 6.45) is 5.84. The van der Waals surface area contributed by atoms with Gasteiger partial charge in [0.2, 0.25) is 5.88 Å². The first-order valence-electron chi connectivity index (χ1n) is 16.3. The molecule has 0 unspecified atom stereocenters. The van der Waals surface area contributed by atoms with E-state index in [-0.39, 0.29) is 24.1 Å². The van der Waals surface area contributed by atoms with Crippen LogP contribution in [0.5, 0.6) is 5.88 Å². The molecule has 2 aliphatic heterocycles. The molecule has 238 valence electrons. The van der Waals surface area contributed by atoms with E-state index in [0.717, 1.165) is 62.0 Å². The van der Waals surface area contributed by atoms with Crippen molar-refractivity contribution in [3.05, 3.63) is 72.1 Å². The van der Waals surface area contributed by atoms with Crippen LogP contribution in [-0.2, 0) is 10.3 Å². The maximum atomic E-state index is 13.9. The SMILES string of the molecule is CCOc1ncccc1-c1ccc(N2CCN(C(=O)OC3(c4ccccc4)CCC3)C[C@H]2CC)c(C(=O)N[C@@H]2CCN(C)C2)n1. The number of piperazine rings is 1. The van der Waals surface area contributed by atoms with E-state index >= 15 is 0 Å². The summed E-state index contributed by atoms with van der Waals surface area (Å²) in [6.45, 7) is 7.82. The number of carbonyl (C=O) groups excluding carboxylic acids is 2. The van der Waals surface area contributed by atoms with Crippen molar-refractivity contribution in [1.82, 2.24) is 25.1 Å². The molecule has 2 saturated heterocycles. The highest BCUT2D eigenvalue weighted by molar-refractivity contribution is 5.99. The van der Waals surface area contributed by atoms with Gasteiger partial charge in [0.05, 0.1) is 23.6 Å². The number of likely N-dealkylation sites (N-methyl/N-ethyl adjacent to an activating group) is 1. The van der Waals surface area contributed by atoms with Crippen LogP contribution < -0.4 is 15.0 Å². The zero-order valence-corrected chi connectivity index (χ0v) is 26.6. The molecule has 10 nitrogen and oxygen atoms in total. The van der Waals surface area contributed by atoms with E-state index in [1.807, 2.05) is 54.3 Å². The van der Waals surface area contributed by atoms with Crippen LogP contribution in [0, 0.1) is 0 Å². The summed E-state index contributed by atoms with van der Waals surface area (Å²) in [6, 6.07) is 17.8. The van der Waals surface area contributed by atoms with Gasteiger partial charge in [-0.05, 0) is 82.4 Å². The van der Waals surface area contributed by atoms with E-state index in [1.54, 1.807) is 6.20 Å². The Morgan fingerprint density at radius 1 is 1.00 bits per heavy atom. The highest BCUT2D eigenvalue weighted by Crippen LogP contribution is 2.45. The number of hydrogen-bond donors (Lipinski definition) is 1. The number of hydrogen-bond acceptors (Lipinski definition) is 8. The van der Waals surface area contributed by atoms with E-state index in [4.69, 9.17) is 14.5 Å². The first-order valence-corrected chi connectivity index (χ1v) is 16.3. The zero-order chi connectivity index (χ0) is 31.4. The quantitative estimate of drug-likeness (QED) is 0.357. The van der Waals surface area contributed by atoms with Gasteiger partial charge in [-0.15, -0.1) is 0 Å². The number of amides is 2. The fraction of sp³-hybridized carbons (Fsp3) is 0.486. The minimum Gasteiger partial charge on any atom is -0.477 e. The summed E-state index contributed by atoms with van der Waals surface area (Å²) < 4.78 is 12.0. The molecule has 2 amide bonds. The molecular formula is C35H44N6O4. The Morgan fingerprint density at radius 2 is 1.82 bits per heavy atom. The summed E-state index contributed by atoms with van der Waals surface area (Å²) in [4.78, 5) is 43.1. The third kappa shape index (κ3) is 6.47. The van der Waals surface area contributed by atoms with Crippen LogP contribution in [0.3, 0.4) is 0 Å². The fourth-order valence-corrected chi connectivity index (χ4v) is 6.75. The smallest absolute Gasteiger partial charge is 0.410 e. The van der Waals surface area contributed by atoms with Gasteiger partial charge in [0.25, 0.3) is 5.91 Å². The molecule has 3 aromatic rings. The lowest BCUT2D eigenvalue weighted by Crippen LogP contribution is -2.56. The average molecular weight is 613 g/mol. The largest absolute Gasteiger partial charge is 0.477 e. The number of nitrogens with zero attached hydrogens (tertiary/aromatic N) is 5. The maximum Gasteiger partial charge on any atom is 0.410 e. The predicted octanol–water partition coefficient (Wildman–Crippen LogP) is 5.09. The Labute approximate surface area is 265 Å². The lowest BCUT2D eigenvalue weighted by Gasteiger charge is -2.46. The van der Waals surface area contributed by atoms with Crippen LogP contribution in [0.15, 0.2) is 60.8 Å². The van der Waals surface area contributed by atoms with Gasteiger partial charge in [-0.3, -0.25) is 4.79 Å². The molecule has 0 bridgehead atoms. The van der Waals surface area contributed by atoms with E-state index in [2.05, 4.69) is 46.2 Å². The van der Waals surface area contributed by atoms with Gasteiger partial charge in [-0.1, -0.05) is 37.3 Å². The van der Waals surface area contributed by atoms with Crippen molar-refractivity contribution < 1.29 is 19.1 Å². The number of carbonyl (C=O) groups is 2. The number of pyridine rings is 2. The standard InChI is InChI=1S/C35H44N6O4/c1-4-27-24-40(34(43)45-35(17-10-18-35)25-11-7-6-8-12-25)21-22-41(27)30-15-14-29(28-13-9-19-36-33(28)44-5-2)38-31(30)32(42)37-26-16-20-39(3)23-26/h6-9,11-15,19,26-27H,4-5,10,16-18,20-24H2,1-3H3,(H,37,42)/t26-,27-/m1/s1. The maximum absolute atomic E-state index is 13.9. The second-order valence-electron chi connectivity index (χ2n) is 12.4. The number of nitrogens with one attached hydrogen (secondary N) is 1. The summed E-state index contributed by atoms with van der Waals surface area (Å²) >= 11 is 0. The number of anilines is 1. The van der Waals surface area contributed by atoms with Crippen LogP contribution in [0.25, 0.3) is 11.3 Å². The Bertz CT molecular complexity index is 1500. The molecule has 45 heavy (non-hydrogen) atoms. The molecule has 1 saturated carbocycles. The van der Waals surface area contributed by atoms with Crippen LogP contribution in [0.1, 0.15) is 62.0 Å². The first-order chi connectivity index (χ1) is 21.9. The monoisotopic (exact) mass is 612 g/mol. The molecular weight excluding hydrogens is 568 g/mol. The van der Waals surface area contributed by atoms with E-state index in [1.165, 1.54) is 0 Å². The van der Waals surface area contributed by atoms with Crippen LogP contribution >= 0.6 is 0 Å². The summed E-state index contributed by atoms with van der Waals surface area (Å²) in [5.41, 5.74) is 3.04. The van der Waals surface area contributed by atoms with Crippen LogP contribution in [-0.4, -0.2) is 90.2 Å². The highest BCUT2D eigenvalue weighted by Gasteiger charge is 2.44. The summed E-state index contributed by atoms with van der Waals surface area (Å²) in [5.74, 6) is 0.294. The van der Waals surface area contributed by atoms with E-state index in [9.17, 15) is 9.59 Å². The molecule has 6 rings (SSSR count). The van der Waals surface area contributed by atoms with Gasteiger partial charge in [-0.25, -0.2) is 14.8 Å². The topological polar surface area (TPSA) is 100 Å². The zero-order valence-electron chi connectivity index (χ0n) is 26.6. The molecule has 2 aromatic heterocycles. The molecule has 0 radical (unpaired) electrons. The third-order valence-electron chi connectivity index (χ3n) is 9.41. The second-order valence-corrected chi connectivity index (χ2v) is 12.4. The molecule has 10 heteroatoms. The van der Waals surface area contributed by atoms with Gasteiger partial charge >= 0.3 is 6.09 Å². The number of ether oxygens (including phenoxy) is 2. The fourth-order valence-electron chi connectivity index (χ4n) is 6.75. The van der Waals surface area contributed by atoms with Gasteiger partial charge in [0.1, 0.15) is 5.60 Å². The van der Waals surface area contributed by atoms with Crippen molar-refractivity contribution >= 4 is 17.7 Å². The minimum absolute atomic E-state index is 0.00504. The Morgan fingerprint density at radius 3 is 2.51 bits per heavy atom. The number of benzene rings is 1. The lowest BCUT2D eigenvalue weighted by molar-refractivity contribution is -0.0682. The molecule has 1 aliphatic carbocycles. The van der Waals surface area contributed by atoms with Crippen molar-refractivity contribution in [3.63, 3.8) is 0 Å². The molecule has 0 spiro atoms. The molecule has 4 heterocycles. The molecule has 3 fully saturated rings. The Hall–Kier alpha value is -4.18. The van der Waals surface area contributed by atoms with Crippen LogP contribution in [0.4, 0.5) is 10.5 Å². The van der Waals surface area contributed by atoms with Crippen molar-refractivity contribution in [2.24, 2.45) is 0 Å².